The Bertz CT molecular complexity index is 575. The maximum Gasteiger partial charge on any atom is 0.0994 e. The first-order valence-corrected chi connectivity index (χ1v) is 7.13. The minimum atomic E-state index is 0.760. The van der Waals surface area contributed by atoms with Crippen LogP contribution in [-0.4, -0.2) is 0 Å². The van der Waals surface area contributed by atoms with Crippen molar-refractivity contribution < 1.29 is 0 Å². The van der Waals surface area contributed by atoms with Crippen LogP contribution in [0.4, 0.5) is 0 Å². The summed E-state index contributed by atoms with van der Waals surface area (Å²) >= 11 is 7.72. The van der Waals surface area contributed by atoms with Crippen molar-refractivity contribution in [3.05, 3.63) is 70.2 Å². The highest BCUT2D eigenvalue weighted by Gasteiger charge is 2.01. The number of hydrogen-bond acceptors (Lipinski definition) is 2. The third-order valence-electron chi connectivity index (χ3n) is 2.55. The zero-order valence-electron chi connectivity index (χ0n) is 9.77. The third-order valence-corrected chi connectivity index (χ3v) is 3.84. The molecule has 0 N–H and O–H groups in total. The van der Waals surface area contributed by atoms with E-state index >= 15 is 0 Å². The molecule has 1 nitrogen and oxygen atoms in total. The predicted molar refractivity (Wildman–Crippen MR) is 77.6 cm³/mol. The first-order valence-electron chi connectivity index (χ1n) is 5.60. The summed E-state index contributed by atoms with van der Waals surface area (Å²) in [5.74, 6) is 1.75. The largest absolute Gasteiger partial charge is 0.192 e. The first-order chi connectivity index (χ1) is 8.79. The van der Waals surface area contributed by atoms with E-state index in [0.29, 0.717) is 0 Å². The molecular weight excluding hydrogens is 262 g/mol. The van der Waals surface area contributed by atoms with Gasteiger partial charge in [-0.15, -0.1) is 0 Å². The van der Waals surface area contributed by atoms with Gasteiger partial charge in [-0.3, -0.25) is 0 Å². The molecule has 2 aromatic carbocycles. The molecule has 0 saturated carbocycles. The van der Waals surface area contributed by atoms with Gasteiger partial charge in [-0.05, 0) is 29.3 Å². The van der Waals surface area contributed by atoms with Gasteiger partial charge in [0.15, 0.2) is 0 Å². The molecule has 0 aliphatic heterocycles. The Morgan fingerprint density at radius 3 is 2.67 bits per heavy atom. The molecule has 0 spiro atoms. The second-order valence-corrected chi connectivity index (χ2v) is 5.31. The molecule has 0 unspecified atom stereocenters. The Labute approximate surface area is 116 Å². The van der Waals surface area contributed by atoms with Gasteiger partial charge in [-0.25, -0.2) is 0 Å². The van der Waals surface area contributed by atoms with Gasteiger partial charge < -0.3 is 0 Å². The van der Waals surface area contributed by atoms with Crippen molar-refractivity contribution in [1.29, 1.82) is 5.26 Å². The fourth-order valence-corrected chi connectivity index (χ4v) is 2.86. The lowest BCUT2D eigenvalue weighted by atomic mass is 10.1. The summed E-state index contributed by atoms with van der Waals surface area (Å²) in [5, 5.41) is 9.76. The summed E-state index contributed by atoms with van der Waals surface area (Å²) in [6, 6.07) is 17.8. The molecule has 0 fully saturated rings. The lowest BCUT2D eigenvalue weighted by molar-refractivity contribution is 1.33. The number of hydrogen-bond donors (Lipinski definition) is 0. The number of thioether (sulfide) groups is 1. The van der Waals surface area contributed by atoms with E-state index in [0.717, 1.165) is 27.7 Å². The molecule has 0 aliphatic rings. The van der Waals surface area contributed by atoms with Crippen LogP contribution in [0, 0.1) is 11.3 Å². The van der Waals surface area contributed by atoms with Crippen LogP contribution < -0.4 is 0 Å². The Hall–Kier alpha value is -1.43. The first kappa shape index (κ1) is 13.0. The van der Waals surface area contributed by atoms with Gasteiger partial charge in [0.2, 0.25) is 0 Å². The molecule has 0 saturated heterocycles. The molecular formula is C15H12ClNS. The molecule has 0 radical (unpaired) electrons. The molecule has 2 aromatic rings. The summed E-state index contributed by atoms with van der Waals surface area (Å²) in [6.45, 7) is 0. The van der Waals surface area contributed by atoms with Crippen molar-refractivity contribution in [2.24, 2.45) is 0 Å². The summed E-state index contributed by atoms with van der Waals surface area (Å²) in [6.07, 6.45) is 0. The zero-order chi connectivity index (χ0) is 12.8. The van der Waals surface area contributed by atoms with Crippen LogP contribution in [0.3, 0.4) is 0 Å². The molecule has 3 heteroatoms. The maximum absolute atomic E-state index is 8.99. The van der Waals surface area contributed by atoms with Crippen LogP contribution in [0.15, 0.2) is 48.5 Å². The molecule has 0 aliphatic carbocycles. The van der Waals surface area contributed by atoms with E-state index in [-0.39, 0.29) is 0 Å². The summed E-state index contributed by atoms with van der Waals surface area (Å²) < 4.78 is 0. The van der Waals surface area contributed by atoms with Crippen molar-refractivity contribution >= 4 is 23.4 Å². The van der Waals surface area contributed by atoms with Gasteiger partial charge in [0.25, 0.3) is 0 Å². The number of halogens is 1. The van der Waals surface area contributed by atoms with Crippen LogP contribution in [0.1, 0.15) is 16.7 Å². The predicted octanol–water partition coefficient (Wildman–Crippen LogP) is 4.65. The highest BCUT2D eigenvalue weighted by molar-refractivity contribution is 7.97. The van der Waals surface area contributed by atoms with E-state index in [1.54, 1.807) is 11.8 Å². The molecule has 18 heavy (non-hydrogen) atoms. The van der Waals surface area contributed by atoms with E-state index in [4.69, 9.17) is 16.9 Å². The lowest BCUT2D eigenvalue weighted by Crippen LogP contribution is -1.88. The standard InChI is InChI=1S/C15H12ClNS/c16-15-7-3-4-12(8-15)10-18-11-14-6-2-1-5-13(14)9-17/h1-8H,10-11H2. The van der Waals surface area contributed by atoms with Gasteiger partial charge in [-0.2, -0.15) is 17.0 Å². The average molecular weight is 274 g/mol. The van der Waals surface area contributed by atoms with Crippen LogP contribution in [0.2, 0.25) is 5.02 Å². The minimum absolute atomic E-state index is 0.760. The average Bonchev–Trinajstić information content (AvgIpc) is 2.39. The van der Waals surface area contributed by atoms with Gasteiger partial charge in [0, 0.05) is 16.5 Å². The molecule has 0 amide bonds. The highest BCUT2D eigenvalue weighted by atomic mass is 35.5. The molecule has 90 valence electrons. The van der Waals surface area contributed by atoms with Crippen LogP contribution in [-0.2, 0) is 11.5 Å². The summed E-state index contributed by atoms with van der Waals surface area (Å²) in [5.41, 5.74) is 3.06. The maximum atomic E-state index is 8.99. The second kappa shape index (κ2) is 6.49. The number of nitrogens with zero attached hydrogens (tertiary/aromatic N) is 1. The van der Waals surface area contributed by atoms with Gasteiger partial charge in [-0.1, -0.05) is 41.9 Å². The molecule has 0 atom stereocenters. The zero-order valence-corrected chi connectivity index (χ0v) is 11.3. The molecule has 0 aromatic heterocycles. The fraction of sp³-hybridized carbons (Fsp3) is 0.133. The number of rotatable bonds is 4. The Morgan fingerprint density at radius 1 is 1.06 bits per heavy atom. The van der Waals surface area contributed by atoms with Gasteiger partial charge >= 0.3 is 0 Å². The number of nitriles is 1. The molecule has 0 heterocycles. The van der Waals surface area contributed by atoms with E-state index in [9.17, 15) is 0 Å². The van der Waals surface area contributed by atoms with Crippen molar-refractivity contribution in [2.75, 3.05) is 0 Å². The van der Waals surface area contributed by atoms with Crippen LogP contribution in [0.25, 0.3) is 0 Å². The van der Waals surface area contributed by atoms with Crippen LogP contribution >= 0.6 is 23.4 Å². The van der Waals surface area contributed by atoms with Gasteiger partial charge in [0.1, 0.15) is 0 Å². The van der Waals surface area contributed by atoms with Crippen LogP contribution in [0.5, 0.6) is 0 Å². The van der Waals surface area contributed by atoms with Gasteiger partial charge in [0.05, 0.1) is 11.6 Å². The fourth-order valence-electron chi connectivity index (χ4n) is 1.66. The normalized spacial score (nSPS) is 10.0. The molecule has 2 rings (SSSR count). The topological polar surface area (TPSA) is 23.8 Å². The Kier molecular flexibility index (Phi) is 4.69. The third kappa shape index (κ3) is 3.53. The monoisotopic (exact) mass is 273 g/mol. The summed E-state index contributed by atoms with van der Waals surface area (Å²) in [4.78, 5) is 0. The van der Waals surface area contributed by atoms with E-state index in [1.807, 2.05) is 42.5 Å². The van der Waals surface area contributed by atoms with E-state index in [2.05, 4.69) is 12.1 Å². The number of benzene rings is 2. The Morgan fingerprint density at radius 2 is 1.89 bits per heavy atom. The van der Waals surface area contributed by atoms with E-state index < -0.39 is 0 Å². The second-order valence-electron chi connectivity index (χ2n) is 3.89. The quantitative estimate of drug-likeness (QED) is 0.810. The SMILES string of the molecule is N#Cc1ccccc1CSCc1cccc(Cl)c1. The Balaban J connectivity index is 1.95. The lowest BCUT2D eigenvalue weighted by Gasteiger charge is -2.04. The molecule has 0 bridgehead atoms. The smallest absolute Gasteiger partial charge is 0.0994 e. The van der Waals surface area contributed by atoms with Crippen molar-refractivity contribution in [2.45, 2.75) is 11.5 Å². The van der Waals surface area contributed by atoms with Crippen molar-refractivity contribution in [3.63, 3.8) is 0 Å². The van der Waals surface area contributed by atoms with Crippen molar-refractivity contribution in [1.82, 2.24) is 0 Å². The minimum Gasteiger partial charge on any atom is -0.192 e. The van der Waals surface area contributed by atoms with E-state index in [1.165, 1.54) is 5.56 Å². The van der Waals surface area contributed by atoms with Crippen molar-refractivity contribution in [3.8, 4) is 6.07 Å². The highest BCUT2D eigenvalue weighted by Crippen LogP contribution is 2.21. The summed E-state index contributed by atoms with van der Waals surface area (Å²) in [7, 11) is 0.